The summed E-state index contributed by atoms with van der Waals surface area (Å²) in [6.07, 6.45) is 4.03. The fourth-order valence-corrected chi connectivity index (χ4v) is 3.65. The molecule has 30 heavy (non-hydrogen) atoms. The Morgan fingerprint density at radius 3 is 2.67 bits per heavy atom. The number of carbonyl (C=O) groups is 1. The van der Waals surface area contributed by atoms with Crippen molar-refractivity contribution in [2.24, 2.45) is 0 Å². The van der Waals surface area contributed by atoms with E-state index < -0.39 is 0 Å². The van der Waals surface area contributed by atoms with Gasteiger partial charge in [0.15, 0.2) is 5.82 Å². The maximum Gasteiger partial charge on any atom is 0.151 e. The van der Waals surface area contributed by atoms with Crippen LogP contribution < -0.4 is 5.73 Å². The van der Waals surface area contributed by atoms with E-state index in [1.807, 2.05) is 55.6 Å². The summed E-state index contributed by atoms with van der Waals surface area (Å²) in [6.45, 7) is 2.36. The number of nitrogens with two attached hydrogens (primary N) is 1. The van der Waals surface area contributed by atoms with Gasteiger partial charge in [-0.25, -0.2) is 9.50 Å². The lowest BCUT2D eigenvalue weighted by atomic mass is 9.99. The minimum atomic E-state index is 0.132. The van der Waals surface area contributed by atoms with Crippen LogP contribution in [-0.2, 0) is 29.0 Å². The van der Waals surface area contributed by atoms with Crippen LogP contribution in [0.2, 0.25) is 0 Å². The number of nitrogens with zero attached hydrogens (tertiary/aromatic N) is 4. The highest BCUT2D eigenvalue weighted by atomic mass is 16.5. The first-order chi connectivity index (χ1) is 14.5. The van der Waals surface area contributed by atoms with E-state index in [9.17, 15) is 4.79 Å². The minimum absolute atomic E-state index is 0.132. The van der Waals surface area contributed by atoms with Gasteiger partial charge in [-0.05, 0) is 30.2 Å². The summed E-state index contributed by atoms with van der Waals surface area (Å²) in [4.78, 5) is 21.0. The van der Waals surface area contributed by atoms with Gasteiger partial charge in [-0.1, -0.05) is 30.3 Å². The minimum Gasteiger partial charge on any atom is -0.382 e. The zero-order chi connectivity index (χ0) is 21.1. The van der Waals surface area contributed by atoms with Gasteiger partial charge in [-0.3, -0.25) is 9.78 Å². The van der Waals surface area contributed by atoms with E-state index in [1.165, 1.54) is 6.33 Å². The Kier molecular flexibility index (Phi) is 5.54. The highest BCUT2D eigenvalue weighted by Crippen LogP contribution is 2.33. The van der Waals surface area contributed by atoms with Crippen molar-refractivity contribution in [1.82, 2.24) is 19.6 Å². The molecule has 0 amide bonds. The van der Waals surface area contributed by atoms with Gasteiger partial charge in [0, 0.05) is 48.7 Å². The van der Waals surface area contributed by atoms with Gasteiger partial charge < -0.3 is 10.5 Å². The topological polar surface area (TPSA) is 95.4 Å². The van der Waals surface area contributed by atoms with Gasteiger partial charge in [0.2, 0.25) is 0 Å². The molecule has 2 N–H and O–H groups in total. The monoisotopic (exact) mass is 401 g/mol. The zero-order valence-electron chi connectivity index (χ0n) is 17.0. The third kappa shape index (κ3) is 4.06. The molecule has 4 aromatic rings. The van der Waals surface area contributed by atoms with Crippen LogP contribution in [-0.4, -0.2) is 32.5 Å². The number of carbonyl (C=O) groups excluding carboxylic acids is 1. The van der Waals surface area contributed by atoms with Gasteiger partial charge in [0.1, 0.15) is 17.6 Å². The van der Waals surface area contributed by atoms with Crippen molar-refractivity contribution in [1.29, 1.82) is 0 Å². The molecule has 0 aliphatic heterocycles. The van der Waals surface area contributed by atoms with E-state index >= 15 is 0 Å². The lowest BCUT2D eigenvalue weighted by Crippen LogP contribution is -2.08. The molecule has 4 rings (SSSR count). The van der Waals surface area contributed by atoms with E-state index in [0.717, 1.165) is 39.2 Å². The molecule has 0 fully saturated rings. The van der Waals surface area contributed by atoms with E-state index in [-0.39, 0.29) is 5.78 Å². The third-order valence-corrected chi connectivity index (χ3v) is 4.95. The number of rotatable bonds is 7. The van der Waals surface area contributed by atoms with Crippen LogP contribution in [0.3, 0.4) is 0 Å². The predicted molar refractivity (Wildman–Crippen MR) is 115 cm³/mol. The molecule has 0 radical (unpaired) electrons. The highest BCUT2D eigenvalue weighted by molar-refractivity contribution is 5.90. The van der Waals surface area contributed by atoms with Gasteiger partial charge in [-0.15, -0.1) is 0 Å². The first-order valence-electron chi connectivity index (χ1n) is 9.68. The van der Waals surface area contributed by atoms with Crippen LogP contribution >= 0.6 is 0 Å². The van der Waals surface area contributed by atoms with Gasteiger partial charge >= 0.3 is 0 Å². The zero-order valence-corrected chi connectivity index (χ0v) is 17.0. The summed E-state index contributed by atoms with van der Waals surface area (Å²) in [7, 11) is 1.65. The quantitative estimate of drug-likeness (QED) is 0.511. The Bertz CT molecular complexity index is 1200. The number of nitrogen functional groups attached to an aromatic ring is 1. The Hall–Kier alpha value is -3.58. The SMILES string of the molecule is COCc1cn2ncnc(N)c2c1-c1ccc(CC(=O)Cc2cccc(C)n2)cc1. The second-order valence-corrected chi connectivity index (χ2v) is 7.26. The Labute approximate surface area is 174 Å². The maximum atomic E-state index is 12.5. The summed E-state index contributed by atoms with van der Waals surface area (Å²) >= 11 is 0. The summed E-state index contributed by atoms with van der Waals surface area (Å²) in [5.41, 5.74) is 12.4. The molecule has 0 unspecified atom stereocenters. The van der Waals surface area contributed by atoms with E-state index in [0.29, 0.717) is 25.3 Å². The third-order valence-electron chi connectivity index (χ3n) is 4.95. The number of benzene rings is 1. The van der Waals surface area contributed by atoms with Crippen molar-refractivity contribution in [2.75, 3.05) is 12.8 Å². The summed E-state index contributed by atoms with van der Waals surface area (Å²) in [5.74, 6) is 0.542. The van der Waals surface area contributed by atoms with Crippen molar-refractivity contribution < 1.29 is 9.53 Å². The number of aromatic nitrogens is 4. The summed E-state index contributed by atoms with van der Waals surface area (Å²) < 4.78 is 7.07. The smallest absolute Gasteiger partial charge is 0.151 e. The molecule has 7 heteroatoms. The molecule has 0 atom stereocenters. The average molecular weight is 401 g/mol. The van der Waals surface area contributed by atoms with E-state index in [2.05, 4.69) is 15.1 Å². The number of anilines is 1. The lowest BCUT2D eigenvalue weighted by Gasteiger charge is -2.07. The molecule has 3 aromatic heterocycles. The normalized spacial score (nSPS) is 11.1. The van der Waals surface area contributed by atoms with Crippen LogP contribution in [0, 0.1) is 6.92 Å². The van der Waals surface area contributed by atoms with E-state index in [1.54, 1.807) is 11.6 Å². The van der Waals surface area contributed by atoms with Gasteiger partial charge in [-0.2, -0.15) is 5.10 Å². The van der Waals surface area contributed by atoms with Crippen molar-refractivity contribution in [2.45, 2.75) is 26.4 Å². The molecular formula is C23H23N5O2. The predicted octanol–water partition coefficient (Wildman–Crippen LogP) is 3.18. The standard InChI is InChI=1S/C23H23N5O2/c1-15-4-3-5-19(27-15)11-20(29)10-16-6-8-17(9-7-16)21-18(13-30-2)12-28-22(21)23(24)25-14-26-28/h3-9,12,14H,10-11,13H2,1-2H3,(H2,24,25,26). The molecule has 0 saturated heterocycles. The second kappa shape index (κ2) is 8.42. The summed E-state index contributed by atoms with van der Waals surface area (Å²) in [6, 6.07) is 13.7. The number of methoxy groups -OCH3 is 1. The number of fused-ring (bicyclic) bond motifs is 1. The van der Waals surface area contributed by atoms with Crippen molar-refractivity contribution in [3.63, 3.8) is 0 Å². The average Bonchev–Trinajstić information content (AvgIpc) is 3.08. The number of hydrogen-bond donors (Lipinski definition) is 1. The number of aryl methyl sites for hydroxylation is 1. The number of hydrogen-bond acceptors (Lipinski definition) is 6. The molecular weight excluding hydrogens is 378 g/mol. The van der Waals surface area contributed by atoms with Gasteiger partial charge in [0.05, 0.1) is 6.61 Å². The van der Waals surface area contributed by atoms with Crippen LogP contribution in [0.1, 0.15) is 22.5 Å². The van der Waals surface area contributed by atoms with Crippen LogP contribution in [0.5, 0.6) is 0 Å². The van der Waals surface area contributed by atoms with Crippen LogP contribution in [0.25, 0.3) is 16.6 Å². The Balaban J connectivity index is 1.58. The fourth-order valence-electron chi connectivity index (χ4n) is 3.65. The lowest BCUT2D eigenvalue weighted by molar-refractivity contribution is -0.117. The first kappa shape index (κ1) is 19.7. The van der Waals surface area contributed by atoms with Crippen LogP contribution in [0.15, 0.2) is 55.0 Å². The molecule has 7 nitrogen and oxygen atoms in total. The molecule has 1 aromatic carbocycles. The number of ketones is 1. The molecule has 0 aliphatic rings. The van der Waals surface area contributed by atoms with Crippen molar-refractivity contribution in [3.8, 4) is 11.1 Å². The number of pyridine rings is 1. The van der Waals surface area contributed by atoms with Crippen molar-refractivity contribution in [3.05, 3.63) is 77.5 Å². The van der Waals surface area contributed by atoms with Gasteiger partial charge in [0.25, 0.3) is 0 Å². The largest absolute Gasteiger partial charge is 0.382 e. The van der Waals surface area contributed by atoms with Crippen LogP contribution in [0.4, 0.5) is 5.82 Å². The number of Topliss-reactive ketones (excluding diaryl/α,β-unsaturated/α-hetero) is 1. The molecule has 3 heterocycles. The molecule has 0 bridgehead atoms. The highest BCUT2D eigenvalue weighted by Gasteiger charge is 2.16. The maximum absolute atomic E-state index is 12.5. The summed E-state index contributed by atoms with van der Waals surface area (Å²) in [5, 5.41) is 4.25. The Morgan fingerprint density at radius 1 is 1.13 bits per heavy atom. The molecule has 0 aliphatic carbocycles. The fraction of sp³-hybridized carbons (Fsp3) is 0.217. The second-order valence-electron chi connectivity index (χ2n) is 7.26. The number of ether oxygens (including phenoxy) is 1. The molecule has 152 valence electrons. The Morgan fingerprint density at radius 2 is 1.93 bits per heavy atom. The van der Waals surface area contributed by atoms with E-state index in [4.69, 9.17) is 10.5 Å². The molecule has 0 spiro atoms. The van der Waals surface area contributed by atoms with Crippen molar-refractivity contribution >= 4 is 17.1 Å². The first-order valence-corrected chi connectivity index (χ1v) is 9.68. The molecule has 0 saturated carbocycles.